The maximum absolute atomic E-state index is 13.3. The van der Waals surface area contributed by atoms with Crippen molar-refractivity contribution in [3.8, 4) is 0 Å². The number of methoxy groups -OCH3 is 1. The SMILES string of the molecule is CO[C@H]1[C@H]2OC(CF)[C@]1(COCc1ccccc1)O[C@H]2C. The molecule has 5 atom stereocenters. The molecule has 0 amide bonds. The third kappa shape index (κ3) is 2.48. The van der Waals surface area contributed by atoms with Crippen molar-refractivity contribution in [3.05, 3.63) is 35.9 Å². The molecule has 2 saturated heterocycles. The highest BCUT2D eigenvalue weighted by molar-refractivity contribution is 5.15. The number of hydrogen-bond donors (Lipinski definition) is 0. The molecule has 116 valence electrons. The largest absolute Gasteiger partial charge is 0.375 e. The molecule has 0 spiro atoms. The first-order valence-corrected chi connectivity index (χ1v) is 7.25. The summed E-state index contributed by atoms with van der Waals surface area (Å²) in [5.41, 5.74) is 0.226. The average Bonchev–Trinajstić information content (AvgIpc) is 2.95. The molecule has 2 heterocycles. The lowest BCUT2D eigenvalue weighted by atomic mass is 9.93. The lowest BCUT2D eigenvalue weighted by Gasteiger charge is -2.35. The number of ether oxygens (including phenoxy) is 4. The molecule has 2 aliphatic heterocycles. The highest BCUT2D eigenvalue weighted by atomic mass is 19.1. The molecule has 3 rings (SSSR count). The van der Waals surface area contributed by atoms with Gasteiger partial charge in [0.2, 0.25) is 0 Å². The summed E-state index contributed by atoms with van der Waals surface area (Å²) in [6.45, 7) is 2.04. The lowest BCUT2D eigenvalue weighted by molar-refractivity contribution is -0.207. The summed E-state index contributed by atoms with van der Waals surface area (Å²) in [7, 11) is 1.61. The van der Waals surface area contributed by atoms with E-state index in [1.807, 2.05) is 37.3 Å². The van der Waals surface area contributed by atoms with Gasteiger partial charge in [-0.3, -0.25) is 0 Å². The van der Waals surface area contributed by atoms with Crippen LogP contribution in [-0.2, 0) is 25.6 Å². The third-order valence-electron chi connectivity index (χ3n) is 4.35. The maximum Gasteiger partial charge on any atom is 0.149 e. The number of halogens is 1. The van der Waals surface area contributed by atoms with E-state index < -0.39 is 18.4 Å². The van der Waals surface area contributed by atoms with E-state index in [2.05, 4.69) is 0 Å². The summed E-state index contributed by atoms with van der Waals surface area (Å²) >= 11 is 0. The average molecular weight is 296 g/mol. The van der Waals surface area contributed by atoms with Crippen molar-refractivity contribution >= 4 is 0 Å². The molecular formula is C16H21FO4. The zero-order valence-corrected chi connectivity index (χ0v) is 12.3. The summed E-state index contributed by atoms with van der Waals surface area (Å²) in [6.07, 6.45) is -1.25. The monoisotopic (exact) mass is 296 g/mol. The smallest absolute Gasteiger partial charge is 0.149 e. The van der Waals surface area contributed by atoms with Crippen LogP contribution in [0, 0.1) is 0 Å². The number of alkyl halides is 1. The minimum atomic E-state index is -0.845. The standard InChI is InChI=1S/C16H21FO4/c1-11-14-15(18-2)16(21-11,13(8-17)20-14)10-19-9-12-6-4-3-5-7-12/h3-7,11,13-15H,8-10H2,1-2H3/t11-,13?,14-,15-,16-/m0/s1. The number of rotatable bonds is 6. The van der Waals surface area contributed by atoms with Crippen LogP contribution in [0.25, 0.3) is 0 Å². The van der Waals surface area contributed by atoms with Gasteiger partial charge in [0.1, 0.15) is 30.6 Å². The molecule has 0 N–H and O–H groups in total. The topological polar surface area (TPSA) is 36.9 Å². The Morgan fingerprint density at radius 3 is 2.71 bits per heavy atom. The first-order chi connectivity index (χ1) is 10.2. The van der Waals surface area contributed by atoms with Crippen LogP contribution in [-0.4, -0.2) is 50.4 Å². The van der Waals surface area contributed by atoms with Crippen molar-refractivity contribution in [2.45, 2.75) is 43.5 Å². The molecule has 0 saturated carbocycles. The number of hydrogen-bond acceptors (Lipinski definition) is 4. The fraction of sp³-hybridized carbons (Fsp3) is 0.625. The molecule has 21 heavy (non-hydrogen) atoms. The van der Waals surface area contributed by atoms with Crippen molar-refractivity contribution < 1.29 is 23.3 Å². The molecule has 1 aromatic rings. The van der Waals surface area contributed by atoms with Crippen LogP contribution in [0.3, 0.4) is 0 Å². The first kappa shape index (κ1) is 14.9. The van der Waals surface area contributed by atoms with Gasteiger partial charge in [-0.15, -0.1) is 0 Å². The second-order valence-electron chi connectivity index (χ2n) is 5.66. The summed E-state index contributed by atoms with van der Waals surface area (Å²) in [6, 6.07) is 9.86. The second kappa shape index (κ2) is 6.01. The Labute approximate surface area is 124 Å². The van der Waals surface area contributed by atoms with Crippen LogP contribution in [0.1, 0.15) is 12.5 Å². The van der Waals surface area contributed by atoms with Crippen molar-refractivity contribution in [2.75, 3.05) is 20.4 Å². The van der Waals surface area contributed by atoms with Gasteiger partial charge in [-0.2, -0.15) is 0 Å². The second-order valence-corrected chi connectivity index (χ2v) is 5.66. The van der Waals surface area contributed by atoms with Crippen LogP contribution in [0.2, 0.25) is 0 Å². The Hall–Kier alpha value is -1.01. The molecule has 0 aromatic heterocycles. The zero-order valence-electron chi connectivity index (χ0n) is 12.3. The summed E-state index contributed by atoms with van der Waals surface area (Å²) in [5.74, 6) is 0. The third-order valence-corrected chi connectivity index (χ3v) is 4.35. The molecule has 5 heteroatoms. The van der Waals surface area contributed by atoms with E-state index in [1.54, 1.807) is 7.11 Å². The zero-order chi connectivity index (χ0) is 14.9. The lowest BCUT2D eigenvalue weighted by Crippen LogP contribution is -2.53. The molecule has 1 unspecified atom stereocenters. The highest BCUT2D eigenvalue weighted by Gasteiger charge is 2.66. The normalized spacial score (nSPS) is 38.0. The van der Waals surface area contributed by atoms with Gasteiger partial charge in [-0.25, -0.2) is 4.39 Å². The summed E-state index contributed by atoms with van der Waals surface area (Å²) in [5, 5.41) is 0. The minimum Gasteiger partial charge on any atom is -0.375 e. The van der Waals surface area contributed by atoms with E-state index >= 15 is 0 Å². The van der Waals surface area contributed by atoms with Gasteiger partial charge in [-0.1, -0.05) is 30.3 Å². The predicted molar refractivity (Wildman–Crippen MR) is 74.8 cm³/mol. The number of fused-ring (bicyclic) bond motifs is 2. The van der Waals surface area contributed by atoms with Gasteiger partial charge in [0.15, 0.2) is 0 Å². The van der Waals surface area contributed by atoms with Crippen LogP contribution in [0.5, 0.6) is 0 Å². The molecule has 0 aliphatic carbocycles. The van der Waals surface area contributed by atoms with E-state index in [0.717, 1.165) is 5.56 Å². The van der Waals surface area contributed by atoms with E-state index in [9.17, 15) is 4.39 Å². The molecule has 2 bridgehead atoms. The van der Waals surface area contributed by atoms with Crippen molar-refractivity contribution in [1.29, 1.82) is 0 Å². The fourth-order valence-electron chi connectivity index (χ4n) is 3.36. The molecule has 0 radical (unpaired) electrons. The summed E-state index contributed by atoms with van der Waals surface area (Å²) in [4.78, 5) is 0. The molecule has 1 aromatic carbocycles. The van der Waals surface area contributed by atoms with Gasteiger partial charge < -0.3 is 18.9 Å². The van der Waals surface area contributed by atoms with Gasteiger partial charge >= 0.3 is 0 Å². The maximum atomic E-state index is 13.3. The Bertz CT molecular complexity index is 469. The van der Waals surface area contributed by atoms with Crippen LogP contribution < -0.4 is 0 Å². The van der Waals surface area contributed by atoms with Crippen LogP contribution in [0.4, 0.5) is 4.39 Å². The van der Waals surface area contributed by atoms with E-state index in [0.29, 0.717) is 6.61 Å². The van der Waals surface area contributed by atoms with Gasteiger partial charge in [0.05, 0.1) is 19.3 Å². The Kier molecular flexibility index (Phi) is 4.26. The minimum absolute atomic E-state index is 0.113. The molecule has 2 aliphatic rings. The molecule has 4 nitrogen and oxygen atoms in total. The Balaban J connectivity index is 1.68. The summed E-state index contributed by atoms with van der Waals surface area (Å²) < 4.78 is 36.3. The first-order valence-electron chi connectivity index (χ1n) is 7.25. The van der Waals surface area contributed by atoms with E-state index in [4.69, 9.17) is 18.9 Å². The molecular weight excluding hydrogens is 275 g/mol. The quantitative estimate of drug-likeness (QED) is 0.806. The van der Waals surface area contributed by atoms with Gasteiger partial charge in [-0.05, 0) is 12.5 Å². The van der Waals surface area contributed by atoms with E-state index in [1.165, 1.54) is 0 Å². The molecule has 2 fully saturated rings. The number of benzene rings is 1. The van der Waals surface area contributed by atoms with Crippen molar-refractivity contribution in [2.24, 2.45) is 0 Å². The fourth-order valence-corrected chi connectivity index (χ4v) is 3.36. The van der Waals surface area contributed by atoms with Gasteiger partial charge in [0.25, 0.3) is 0 Å². The predicted octanol–water partition coefficient (Wildman–Crippen LogP) is 2.11. The van der Waals surface area contributed by atoms with E-state index in [-0.39, 0.29) is 24.9 Å². The van der Waals surface area contributed by atoms with Gasteiger partial charge in [0, 0.05) is 7.11 Å². The Morgan fingerprint density at radius 2 is 2.05 bits per heavy atom. The Morgan fingerprint density at radius 1 is 1.29 bits per heavy atom. The van der Waals surface area contributed by atoms with Crippen LogP contribution >= 0.6 is 0 Å². The van der Waals surface area contributed by atoms with Crippen molar-refractivity contribution in [1.82, 2.24) is 0 Å². The highest BCUT2D eigenvalue weighted by Crippen LogP contribution is 2.46. The van der Waals surface area contributed by atoms with Crippen molar-refractivity contribution in [3.63, 3.8) is 0 Å². The van der Waals surface area contributed by atoms with Crippen LogP contribution in [0.15, 0.2) is 30.3 Å².